The summed E-state index contributed by atoms with van der Waals surface area (Å²) in [6.45, 7) is 1.58. The number of rotatable bonds is 0. The van der Waals surface area contributed by atoms with Crippen molar-refractivity contribution in [3.8, 4) is 0 Å². The fourth-order valence-electron chi connectivity index (χ4n) is 0.680. The molecule has 1 aliphatic rings. The maximum atomic E-state index is 12.7. The summed E-state index contributed by atoms with van der Waals surface area (Å²) in [6.07, 6.45) is 2.91. The molecule has 10 heavy (non-hydrogen) atoms. The third-order valence-corrected chi connectivity index (χ3v) is 1.34. The van der Waals surface area contributed by atoms with Crippen LogP contribution in [0.3, 0.4) is 0 Å². The van der Waals surface area contributed by atoms with Crippen LogP contribution in [-0.4, -0.2) is 11.4 Å². The summed E-state index contributed by atoms with van der Waals surface area (Å²) in [4.78, 5) is 0. The minimum Gasteiger partial charge on any atom is -0.299 e. The van der Waals surface area contributed by atoms with E-state index in [0.717, 1.165) is 0 Å². The van der Waals surface area contributed by atoms with Gasteiger partial charge < -0.3 is 0 Å². The summed E-state index contributed by atoms with van der Waals surface area (Å²) in [5.41, 5.74) is 0.0316. The lowest BCUT2D eigenvalue weighted by atomic mass is 10.0. The molecule has 0 saturated heterocycles. The molecule has 0 unspecified atom stereocenters. The summed E-state index contributed by atoms with van der Waals surface area (Å²) < 4.78 is 12.7. The Balaban J connectivity index is 3.11. The summed E-state index contributed by atoms with van der Waals surface area (Å²) in [5, 5.41) is 14.1. The van der Waals surface area contributed by atoms with Gasteiger partial charge in [0, 0.05) is 0 Å². The molecule has 0 fully saturated rings. The largest absolute Gasteiger partial charge is 0.299 e. The zero-order valence-corrected chi connectivity index (χ0v) is 5.53. The van der Waals surface area contributed by atoms with Gasteiger partial charge >= 0.3 is 0 Å². The van der Waals surface area contributed by atoms with Crippen LogP contribution in [-0.2, 0) is 0 Å². The Kier molecular flexibility index (Phi) is 1.49. The van der Waals surface area contributed by atoms with E-state index >= 15 is 0 Å². The van der Waals surface area contributed by atoms with Crippen molar-refractivity contribution in [1.29, 1.82) is 10.8 Å². The molecule has 0 spiro atoms. The van der Waals surface area contributed by atoms with E-state index in [1.807, 2.05) is 0 Å². The third-order valence-electron chi connectivity index (χ3n) is 1.34. The molecule has 1 rings (SSSR count). The zero-order valence-electron chi connectivity index (χ0n) is 5.53. The van der Waals surface area contributed by atoms with Gasteiger partial charge in [-0.1, -0.05) is 6.08 Å². The molecule has 52 valence electrons. The van der Waals surface area contributed by atoms with Crippen LogP contribution in [0, 0.1) is 10.8 Å². The minimum absolute atomic E-state index is 0.0666. The Labute approximate surface area is 58.1 Å². The summed E-state index contributed by atoms with van der Waals surface area (Å²) in [5.74, 6) is -0.590. The van der Waals surface area contributed by atoms with Crippen molar-refractivity contribution < 1.29 is 4.39 Å². The molecule has 0 aliphatic heterocycles. The first kappa shape index (κ1) is 6.86. The van der Waals surface area contributed by atoms with Gasteiger partial charge in [-0.15, -0.1) is 0 Å². The van der Waals surface area contributed by atoms with Gasteiger partial charge in [-0.2, -0.15) is 0 Å². The van der Waals surface area contributed by atoms with Crippen molar-refractivity contribution in [2.45, 2.75) is 6.92 Å². The standard InChI is InChI=1S/C7H7FN2/c1-4-2-3-5(9)7(10)6(4)8/h2-3,9-10H,1H3. The number of nitrogens with one attached hydrogen (secondary N) is 2. The van der Waals surface area contributed by atoms with Crippen molar-refractivity contribution in [3.63, 3.8) is 0 Å². The van der Waals surface area contributed by atoms with Crippen molar-refractivity contribution in [2.24, 2.45) is 0 Å². The lowest BCUT2D eigenvalue weighted by Gasteiger charge is -2.06. The van der Waals surface area contributed by atoms with Crippen LogP contribution < -0.4 is 0 Å². The van der Waals surface area contributed by atoms with Crippen LogP contribution in [0.2, 0.25) is 0 Å². The van der Waals surface area contributed by atoms with Gasteiger partial charge in [0.2, 0.25) is 0 Å². The second-order valence-electron chi connectivity index (χ2n) is 2.12. The van der Waals surface area contributed by atoms with E-state index in [1.54, 1.807) is 6.92 Å². The maximum Gasteiger partial charge on any atom is 0.153 e. The van der Waals surface area contributed by atoms with Gasteiger partial charge in [-0.05, 0) is 18.6 Å². The summed E-state index contributed by atoms with van der Waals surface area (Å²) in [7, 11) is 0. The molecule has 1 aliphatic carbocycles. The molecular formula is C7H7FN2. The second kappa shape index (κ2) is 2.17. The fraction of sp³-hybridized carbons (Fsp3) is 0.143. The molecule has 0 aromatic carbocycles. The fourth-order valence-corrected chi connectivity index (χ4v) is 0.680. The first-order valence-electron chi connectivity index (χ1n) is 2.85. The zero-order chi connectivity index (χ0) is 7.72. The Morgan fingerprint density at radius 2 is 1.90 bits per heavy atom. The van der Waals surface area contributed by atoms with Crippen molar-refractivity contribution in [3.05, 3.63) is 23.6 Å². The van der Waals surface area contributed by atoms with E-state index in [9.17, 15) is 4.39 Å². The van der Waals surface area contributed by atoms with Crippen LogP contribution in [0.5, 0.6) is 0 Å². The van der Waals surface area contributed by atoms with E-state index in [1.165, 1.54) is 12.2 Å². The average molecular weight is 138 g/mol. The van der Waals surface area contributed by atoms with E-state index in [0.29, 0.717) is 5.57 Å². The predicted molar refractivity (Wildman–Crippen MR) is 38.4 cm³/mol. The molecule has 2 nitrogen and oxygen atoms in total. The topological polar surface area (TPSA) is 47.7 Å². The Morgan fingerprint density at radius 3 is 2.40 bits per heavy atom. The highest BCUT2D eigenvalue weighted by Crippen LogP contribution is 2.14. The molecule has 0 amide bonds. The Bertz CT molecular complexity index is 261. The predicted octanol–water partition coefficient (Wildman–Crippen LogP) is 1.84. The lowest BCUT2D eigenvalue weighted by molar-refractivity contribution is 0.673. The smallest absolute Gasteiger partial charge is 0.153 e. The number of hydrogen-bond donors (Lipinski definition) is 2. The van der Waals surface area contributed by atoms with Crippen LogP contribution >= 0.6 is 0 Å². The highest BCUT2D eigenvalue weighted by molar-refractivity contribution is 6.50. The van der Waals surface area contributed by atoms with Gasteiger partial charge in [0.05, 0.1) is 5.71 Å². The number of hydrogen-bond acceptors (Lipinski definition) is 2. The molecule has 0 aromatic heterocycles. The van der Waals surface area contributed by atoms with Crippen LogP contribution in [0.1, 0.15) is 6.92 Å². The van der Waals surface area contributed by atoms with Crippen LogP contribution in [0.25, 0.3) is 0 Å². The van der Waals surface area contributed by atoms with Crippen molar-refractivity contribution in [2.75, 3.05) is 0 Å². The summed E-state index contributed by atoms with van der Waals surface area (Å²) >= 11 is 0. The quantitative estimate of drug-likeness (QED) is 0.480. The van der Waals surface area contributed by atoms with E-state index in [-0.39, 0.29) is 11.4 Å². The molecular weight excluding hydrogens is 131 g/mol. The Hall–Kier alpha value is -1.25. The average Bonchev–Trinajstić information content (AvgIpc) is 1.93. The first-order valence-corrected chi connectivity index (χ1v) is 2.85. The molecule has 3 heteroatoms. The molecule has 2 N–H and O–H groups in total. The first-order chi connectivity index (χ1) is 4.63. The highest BCUT2D eigenvalue weighted by Gasteiger charge is 2.14. The highest BCUT2D eigenvalue weighted by atomic mass is 19.1. The lowest BCUT2D eigenvalue weighted by Crippen LogP contribution is -2.13. The Morgan fingerprint density at radius 1 is 1.30 bits per heavy atom. The van der Waals surface area contributed by atoms with Crippen LogP contribution in [0.15, 0.2) is 23.6 Å². The van der Waals surface area contributed by atoms with E-state index in [2.05, 4.69) is 0 Å². The van der Waals surface area contributed by atoms with Crippen molar-refractivity contribution in [1.82, 2.24) is 0 Å². The van der Waals surface area contributed by atoms with Crippen LogP contribution in [0.4, 0.5) is 4.39 Å². The van der Waals surface area contributed by atoms with Crippen molar-refractivity contribution >= 4 is 11.4 Å². The molecule has 0 saturated carbocycles. The van der Waals surface area contributed by atoms with Gasteiger partial charge in [-0.3, -0.25) is 10.8 Å². The summed E-state index contributed by atoms with van der Waals surface area (Å²) in [6, 6.07) is 0. The molecule has 0 radical (unpaired) electrons. The molecule has 0 bridgehead atoms. The van der Waals surface area contributed by atoms with Gasteiger partial charge in [0.1, 0.15) is 5.71 Å². The van der Waals surface area contributed by atoms with Gasteiger partial charge in [0.25, 0.3) is 0 Å². The SMILES string of the molecule is CC1=C(F)C(=N)C(=N)C=C1. The minimum atomic E-state index is -0.590. The third kappa shape index (κ3) is 0.900. The number of halogens is 1. The van der Waals surface area contributed by atoms with Gasteiger partial charge in [-0.25, -0.2) is 4.39 Å². The number of allylic oxidation sites excluding steroid dienone is 4. The monoisotopic (exact) mass is 138 g/mol. The maximum absolute atomic E-state index is 12.7. The molecule has 0 atom stereocenters. The molecule has 0 heterocycles. The second-order valence-corrected chi connectivity index (χ2v) is 2.12. The van der Waals surface area contributed by atoms with E-state index in [4.69, 9.17) is 10.8 Å². The van der Waals surface area contributed by atoms with Gasteiger partial charge in [0.15, 0.2) is 5.83 Å². The molecule has 0 aromatic rings. The van der Waals surface area contributed by atoms with E-state index < -0.39 is 5.83 Å². The normalized spacial score (nSPS) is 18.6.